The van der Waals surface area contributed by atoms with Crippen molar-refractivity contribution in [2.75, 3.05) is 23.1 Å². The van der Waals surface area contributed by atoms with Crippen LogP contribution in [0.5, 0.6) is 5.75 Å². The summed E-state index contributed by atoms with van der Waals surface area (Å²) in [6, 6.07) is 16.8. The Hall–Kier alpha value is -3.35. The van der Waals surface area contributed by atoms with E-state index in [0.717, 1.165) is 24.2 Å². The average molecular weight is 433 g/mol. The van der Waals surface area contributed by atoms with Crippen LogP contribution in [0.15, 0.2) is 48.5 Å². The van der Waals surface area contributed by atoms with Crippen molar-refractivity contribution in [1.29, 1.82) is 0 Å². The van der Waals surface area contributed by atoms with Gasteiger partial charge in [0.25, 0.3) is 0 Å². The van der Waals surface area contributed by atoms with E-state index in [0.29, 0.717) is 37.0 Å². The van der Waals surface area contributed by atoms with Crippen molar-refractivity contribution >= 4 is 17.8 Å². The Bertz CT molecular complexity index is 1000. The van der Waals surface area contributed by atoms with E-state index in [4.69, 9.17) is 4.74 Å². The maximum Gasteiger partial charge on any atom is 0.229 e. The van der Waals surface area contributed by atoms with Gasteiger partial charge >= 0.3 is 0 Å². The van der Waals surface area contributed by atoms with Crippen molar-refractivity contribution in [1.82, 2.24) is 15.0 Å². The fourth-order valence-corrected chi connectivity index (χ4v) is 3.94. The van der Waals surface area contributed by atoms with E-state index in [-0.39, 0.29) is 0 Å². The highest BCUT2D eigenvalue weighted by Gasteiger charge is 2.16. The number of hydrogen-bond donors (Lipinski definition) is 3. The number of methoxy groups -OCH3 is 1. The zero-order chi connectivity index (χ0) is 22.2. The van der Waals surface area contributed by atoms with Gasteiger partial charge in [-0.2, -0.15) is 15.0 Å². The topological polar surface area (TPSA) is 84.0 Å². The molecule has 1 aliphatic rings. The molecule has 0 amide bonds. The van der Waals surface area contributed by atoms with Crippen LogP contribution in [0.2, 0.25) is 0 Å². The summed E-state index contributed by atoms with van der Waals surface area (Å²) in [7, 11) is 1.68. The molecule has 0 radical (unpaired) electrons. The lowest BCUT2D eigenvalue weighted by molar-refractivity contribution is 0.410. The van der Waals surface area contributed by atoms with Crippen molar-refractivity contribution in [3.05, 3.63) is 65.2 Å². The van der Waals surface area contributed by atoms with Gasteiger partial charge in [-0.05, 0) is 31.4 Å². The van der Waals surface area contributed by atoms with Crippen LogP contribution in [0.4, 0.5) is 17.8 Å². The SMILES string of the molecule is COc1ccccc1CNc1nc(NCc2ccc(C)cc2)nc(NC2CCCCC2)n1. The van der Waals surface area contributed by atoms with E-state index in [2.05, 4.69) is 62.1 Å². The van der Waals surface area contributed by atoms with Gasteiger partial charge in [-0.15, -0.1) is 0 Å². The molecule has 3 aromatic rings. The number of rotatable bonds is 9. The molecular formula is C25H32N6O. The quantitative estimate of drug-likeness (QED) is 0.431. The second kappa shape index (κ2) is 10.8. The first-order valence-corrected chi connectivity index (χ1v) is 11.4. The number of aryl methyl sites for hydroxylation is 1. The van der Waals surface area contributed by atoms with Crippen LogP contribution in [-0.4, -0.2) is 28.1 Å². The number of para-hydroxylation sites is 1. The fourth-order valence-electron chi connectivity index (χ4n) is 3.94. The third-order valence-electron chi connectivity index (χ3n) is 5.77. The van der Waals surface area contributed by atoms with Crippen LogP contribution in [-0.2, 0) is 13.1 Å². The van der Waals surface area contributed by atoms with Crippen molar-refractivity contribution in [3.63, 3.8) is 0 Å². The summed E-state index contributed by atoms with van der Waals surface area (Å²) in [5.74, 6) is 2.55. The normalized spacial score (nSPS) is 14.1. The molecule has 168 valence electrons. The number of ether oxygens (including phenoxy) is 1. The highest BCUT2D eigenvalue weighted by atomic mass is 16.5. The van der Waals surface area contributed by atoms with Gasteiger partial charge in [-0.3, -0.25) is 0 Å². The highest BCUT2D eigenvalue weighted by Crippen LogP contribution is 2.22. The molecule has 0 bridgehead atoms. The molecule has 3 N–H and O–H groups in total. The van der Waals surface area contributed by atoms with Gasteiger partial charge in [0.05, 0.1) is 7.11 Å². The van der Waals surface area contributed by atoms with Gasteiger partial charge in [-0.25, -0.2) is 0 Å². The lowest BCUT2D eigenvalue weighted by atomic mass is 9.96. The molecule has 1 saturated carbocycles. The molecule has 4 rings (SSSR count). The monoisotopic (exact) mass is 432 g/mol. The van der Waals surface area contributed by atoms with Gasteiger partial charge < -0.3 is 20.7 Å². The third-order valence-corrected chi connectivity index (χ3v) is 5.77. The second-order valence-corrected chi connectivity index (χ2v) is 8.29. The van der Waals surface area contributed by atoms with Crippen molar-refractivity contribution in [2.24, 2.45) is 0 Å². The van der Waals surface area contributed by atoms with Crippen LogP contribution in [0, 0.1) is 6.92 Å². The Kier molecular flexibility index (Phi) is 7.38. The van der Waals surface area contributed by atoms with E-state index < -0.39 is 0 Å². The number of nitrogens with zero attached hydrogens (tertiary/aromatic N) is 3. The molecule has 1 heterocycles. The van der Waals surface area contributed by atoms with Gasteiger partial charge in [-0.1, -0.05) is 67.3 Å². The fraction of sp³-hybridized carbons (Fsp3) is 0.400. The first-order valence-electron chi connectivity index (χ1n) is 11.4. The Morgan fingerprint density at radius 2 is 1.47 bits per heavy atom. The van der Waals surface area contributed by atoms with E-state index in [1.54, 1.807) is 7.11 Å². The molecule has 1 aliphatic carbocycles. The molecule has 0 saturated heterocycles. The minimum Gasteiger partial charge on any atom is -0.496 e. The summed E-state index contributed by atoms with van der Waals surface area (Å²) in [6.07, 6.45) is 6.12. The average Bonchev–Trinajstić information content (AvgIpc) is 2.83. The lowest BCUT2D eigenvalue weighted by Gasteiger charge is -2.23. The van der Waals surface area contributed by atoms with E-state index >= 15 is 0 Å². The summed E-state index contributed by atoms with van der Waals surface area (Å²) < 4.78 is 5.46. The van der Waals surface area contributed by atoms with Crippen molar-refractivity contribution < 1.29 is 4.74 Å². The Morgan fingerprint density at radius 1 is 0.812 bits per heavy atom. The molecular weight excluding hydrogens is 400 g/mol. The van der Waals surface area contributed by atoms with Crippen molar-refractivity contribution in [3.8, 4) is 5.75 Å². The van der Waals surface area contributed by atoms with E-state index in [1.165, 1.54) is 30.4 Å². The summed E-state index contributed by atoms with van der Waals surface area (Å²) >= 11 is 0. The molecule has 0 spiro atoms. The van der Waals surface area contributed by atoms with Crippen molar-refractivity contribution in [2.45, 2.75) is 58.2 Å². The minimum atomic E-state index is 0.415. The van der Waals surface area contributed by atoms with E-state index in [1.807, 2.05) is 24.3 Å². The maximum absolute atomic E-state index is 5.46. The summed E-state index contributed by atoms with van der Waals surface area (Å²) in [6.45, 7) is 3.31. The molecule has 0 atom stereocenters. The first-order chi connectivity index (χ1) is 15.7. The number of hydrogen-bond acceptors (Lipinski definition) is 7. The standard InChI is InChI=1S/C25H32N6O/c1-18-12-14-19(15-13-18)16-26-23-29-24(27-17-20-8-6-7-11-22(20)32-2)31-25(30-23)28-21-9-4-3-5-10-21/h6-8,11-15,21H,3-5,9-10,16-17H2,1-2H3,(H3,26,27,28,29,30,31). The first kappa shape index (κ1) is 21.9. The molecule has 1 aromatic heterocycles. The lowest BCUT2D eigenvalue weighted by Crippen LogP contribution is -2.24. The second-order valence-electron chi connectivity index (χ2n) is 8.29. The molecule has 2 aromatic carbocycles. The smallest absolute Gasteiger partial charge is 0.229 e. The minimum absolute atomic E-state index is 0.415. The van der Waals surface area contributed by atoms with Gasteiger partial charge in [0, 0.05) is 24.7 Å². The van der Waals surface area contributed by atoms with Gasteiger partial charge in [0.15, 0.2) is 0 Å². The molecule has 7 nitrogen and oxygen atoms in total. The van der Waals surface area contributed by atoms with Crippen LogP contribution in [0.25, 0.3) is 0 Å². The van der Waals surface area contributed by atoms with E-state index in [9.17, 15) is 0 Å². The Morgan fingerprint density at radius 3 is 2.19 bits per heavy atom. The summed E-state index contributed by atoms with van der Waals surface area (Å²) in [4.78, 5) is 13.9. The molecule has 7 heteroatoms. The van der Waals surface area contributed by atoms with Crippen LogP contribution < -0.4 is 20.7 Å². The molecule has 0 aliphatic heterocycles. The number of benzene rings is 2. The Labute approximate surface area is 190 Å². The largest absolute Gasteiger partial charge is 0.496 e. The highest BCUT2D eigenvalue weighted by molar-refractivity contribution is 5.44. The summed E-state index contributed by atoms with van der Waals surface area (Å²) in [5.41, 5.74) is 3.48. The molecule has 32 heavy (non-hydrogen) atoms. The van der Waals surface area contributed by atoms with Crippen LogP contribution in [0.3, 0.4) is 0 Å². The zero-order valence-corrected chi connectivity index (χ0v) is 18.9. The zero-order valence-electron chi connectivity index (χ0n) is 18.9. The van der Waals surface area contributed by atoms with Crippen LogP contribution in [0.1, 0.15) is 48.8 Å². The summed E-state index contributed by atoms with van der Waals surface area (Å²) in [5, 5.41) is 10.2. The van der Waals surface area contributed by atoms with Gasteiger partial charge in [0.2, 0.25) is 17.8 Å². The van der Waals surface area contributed by atoms with Crippen LogP contribution >= 0.6 is 0 Å². The number of aromatic nitrogens is 3. The predicted molar refractivity (Wildman–Crippen MR) is 129 cm³/mol. The third kappa shape index (κ3) is 6.09. The number of nitrogens with one attached hydrogen (secondary N) is 3. The predicted octanol–water partition coefficient (Wildman–Crippen LogP) is 5.16. The Balaban J connectivity index is 1.49. The molecule has 1 fully saturated rings. The number of anilines is 3. The maximum atomic E-state index is 5.46. The molecule has 0 unspecified atom stereocenters. The van der Waals surface area contributed by atoms with Gasteiger partial charge in [0.1, 0.15) is 5.75 Å².